The molecule has 2 heterocycles. The fourth-order valence-electron chi connectivity index (χ4n) is 3.90. The molecule has 1 aromatic heterocycles. The van der Waals surface area contributed by atoms with E-state index in [-0.39, 0.29) is 11.5 Å². The van der Waals surface area contributed by atoms with Gasteiger partial charge in [-0.2, -0.15) is 0 Å². The molecule has 6 heteroatoms. The quantitative estimate of drug-likeness (QED) is 0.626. The molecule has 0 bridgehead atoms. The third-order valence-corrected chi connectivity index (χ3v) is 5.89. The van der Waals surface area contributed by atoms with Gasteiger partial charge in [0.1, 0.15) is 0 Å². The van der Waals surface area contributed by atoms with Crippen molar-refractivity contribution in [3.63, 3.8) is 0 Å². The van der Waals surface area contributed by atoms with E-state index in [2.05, 4.69) is 5.32 Å². The van der Waals surface area contributed by atoms with E-state index in [0.29, 0.717) is 41.4 Å². The van der Waals surface area contributed by atoms with Crippen LogP contribution in [0.5, 0.6) is 0 Å². The summed E-state index contributed by atoms with van der Waals surface area (Å²) in [6, 6.07) is 14.9. The smallest absolute Gasteiger partial charge is 0.258 e. The number of benzene rings is 2. The van der Waals surface area contributed by atoms with E-state index in [1.165, 1.54) is 0 Å². The minimum atomic E-state index is -0.0798. The number of aromatic nitrogens is 1. The predicted molar refractivity (Wildman–Crippen MR) is 120 cm³/mol. The zero-order valence-electron chi connectivity index (χ0n) is 16.8. The molecule has 30 heavy (non-hydrogen) atoms. The number of fused-ring (bicyclic) bond motifs is 1. The fourth-order valence-corrected chi connectivity index (χ4v) is 4.03. The number of carbonyl (C=O) groups is 1. The van der Waals surface area contributed by atoms with Gasteiger partial charge < -0.3 is 14.6 Å². The molecule has 4 rings (SSSR count). The van der Waals surface area contributed by atoms with Gasteiger partial charge in [0.05, 0.1) is 0 Å². The van der Waals surface area contributed by atoms with Crippen LogP contribution in [0, 0.1) is 5.92 Å². The summed E-state index contributed by atoms with van der Waals surface area (Å²) in [7, 11) is 0. The first-order valence-electron chi connectivity index (χ1n) is 10.3. The van der Waals surface area contributed by atoms with Gasteiger partial charge in [0.25, 0.3) is 5.56 Å². The van der Waals surface area contributed by atoms with E-state index in [1.807, 2.05) is 54.7 Å². The van der Waals surface area contributed by atoms with Crippen LogP contribution < -0.4 is 10.9 Å². The second kappa shape index (κ2) is 9.45. The third kappa shape index (κ3) is 4.91. The Morgan fingerprint density at radius 2 is 1.83 bits per heavy atom. The average Bonchev–Trinajstić information content (AvgIpc) is 2.76. The first-order valence-corrected chi connectivity index (χ1v) is 10.7. The fraction of sp³-hybridized carbons (Fsp3) is 0.333. The van der Waals surface area contributed by atoms with Crippen molar-refractivity contribution < 1.29 is 9.53 Å². The molecule has 1 amide bonds. The summed E-state index contributed by atoms with van der Waals surface area (Å²) < 4.78 is 7.19. The van der Waals surface area contributed by atoms with Crippen LogP contribution >= 0.6 is 11.6 Å². The van der Waals surface area contributed by atoms with Crippen molar-refractivity contribution in [2.45, 2.75) is 32.2 Å². The molecule has 0 saturated carbocycles. The van der Waals surface area contributed by atoms with Gasteiger partial charge in [-0.25, -0.2) is 0 Å². The van der Waals surface area contributed by atoms with Crippen molar-refractivity contribution in [3.05, 3.63) is 75.7 Å². The lowest BCUT2D eigenvalue weighted by Gasteiger charge is -2.23. The number of hydrogen-bond donors (Lipinski definition) is 1. The summed E-state index contributed by atoms with van der Waals surface area (Å²) in [4.78, 5) is 25.5. The summed E-state index contributed by atoms with van der Waals surface area (Å²) in [6.07, 6.45) is 4.79. The Kier molecular flexibility index (Phi) is 6.50. The zero-order valence-corrected chi connectivity index (χ0v) is 17.5. The molecule has 0 unspecified atom stereocenters. The van der Waals surface area contributed by atoms with Crippen molar-refractivity contribution >= 4 is 34.0 Å². The topological polar surface area (TPSA) is 60.3 Å². The molecule has 3 aromatic rings. The lowest BCUT2D eigenvalue weighted by molar-refractivity contribution is -0.116. The number of hydrogen-bond acceptors (Lipinski definition) is 3. The molecule has 0 atom stereocenters. The number of carbonyl (C=O) groups excluding carboxylic acids is 1. The van der Waals surface area contributed by atoms with Crippen LogP contribution in [-0.4, -0.2) is 23.7 Å². The van der Waals surface area contributed by atoms with Crippen molar-refractivity contribution in [1.82, 2.24) is 4.57 Å². The summed E-state index contributed by atoms with van der Waals surface area (Å²) >= 11 is 5.90. The van der Waals surface area contributed by atoms with Crippen LogP contribution in [0.2, 0.25) is 5.02 Å². The largest absolute Gasteiger partial charge is 0.381 e. The maximum absolute atomic E-state index is 13.0. The molecule has 1 saturated heterocycles. The van der Waals surface area contributed by atoms with Gasteiger partial charge in [-0.15, -0.1) is 0 Å². The molecule has 1 aliphatic heterocycles. The van der Waals surface area contributed by atoms with Crippen molar-refractivity contribution in [1.29, 1.82) is 0 Å². The average molecular weight is 425 g/mol. The van der Waals surface area contributed by atoms with Crippen molar-refractivity contribution in [3.8, 4) is 0 Å². The summed E-state index contributed by atoms with van der Waals surface area (Å²) in [6.45, 7) is 2.23. The Bertz CT molecular complexity index is 1090. The van der Waals surface area contributed by atoms with Gasteiger partial charge in [-0.1, -0.05) is 29.8 Å². The molecule has 1 N–H and O–H groups in total. The van der Waals surface area contributed by atoms with Crippen LogP contribution in [0.3, 0.4) is 0 Å². The highest BCUT2D eigenvalue weighted by Gasteiger charge is 2.16. The Balaban J connectivity index is 1.47. The lowest BCUT2D eigenvalue weighted by atomic mass is 10.00. The highest BCUT2D eigenvalue weighted by Crippen LogP contribution is 2.22. The number of amides is 1. The van der Waals surface area contributed by atoms with Crippen LogP contribution in [0.15, 0.2) is 59.5 Å². The van der Waals surface area contributed by atoms with Gasteiger partial charge in [-0.3, -0.25) is 9.59 Å². The minimum absolute atomic E-state index is 0.0174. The first kappa shape index (κ1) is 20.6. The number of halogens is 1. The molecule has 0 spiro atoms. The van der Waals surface area contributed by atoms with Gasteiger partial charge in [-0.05, 0) is 61.1 Å². The molecule has 0 radical (unpaired) electrons. The molecular formula is C24H25ClN2O3. The molecule has 0 aliphatic carbocycles. The van der Waals surface area contributed by atoms with E-state index in [9.17, 15) is 9.59 Å². The number of nitrogens with one attached hydrogen (secondary N) is 1. The number of ether oxygens (including phenoxy) is 1. The van der Waals surface area contributed by atoms with E-state index in [4.69, 9.17) is 16.3 Å². The number of rotatable bonds is 6. The van der Waals surface area contributed by atoms with E-state index in [1.54, 1.807) is 4.57 Å². The molecule has 1 fully saturated rings. The Morgan fingerprint density at radius 1 is 1.07 bits per heavy atom. The van der Waals surface area contributed by atoms with Crippen molar-refractivity contribution in [2.24, 2.45) is 5.92 Å². The highest BCUT2D eigenvalue weighted by molar-refractivity contribution is 6.30. The van der Waals surface area contributed by atoms with E-state index < -0.39 is 0 Å². The standard InChI is InChI=1S/C24H25ClN2O3/c25-19-7-4-17(5-8-19)6-9-23(28)26-22-3-1-2-21-20(22)10-13-27(24(21)29)16-18-11-14-30-15-12-18/h1-5,7-8,10,13,18H,6,9,11-12,14-16H2,(H,26,28). The van der Waals surface area contributed by atoms with Gasteiger partial charge in [0.2, 0.25) is 5.91 Å². The summed E-state index contributed by atoms with van der Waals surface area (Å²) in [5, 5.41) is 5.04. The molecule has 5 nitrogen and oxygen atoms in total. The van der Waals surface area contributed by atoms with Gasteiger partial charge in [0, 0.05) is 53.9 Å². The monoisotopic (exact) mass is 424 g/mol. The second-order valence-electron chi connectivity index (χ2n) is 7.77. The first-order chi connectivity index (χ1) is 14.6. The molecular weight excluding hydrogens is 400 g/mol. The minimum Gasteiger partial charge on any atom is -0.381 e. The van der Waals surface area contributed by atoms with Crippen LogP contribution in [0.1, 0.15) is 24.8 Å². The zero-order chi connectivity index (χ0) is 20.9. The number of nitrogens with zero attached hydrogens (tertiary/aromatic N) is 1. The summed E-state index contributed by atoms with van der Waals surface area (Å²) in [5.41, 5.74) is 1.71. The van der Waals surface area contributed by atoms with Gasteiger partial charge in [0.15, 0.2) is 0 Å². The van der Waals surface area contributed by atoms with Crippen molar-refractivity contribution in [2.75, 3.05) is 18.5 Å². The summed E-state index contributed by atoms with van der Waals surface area (Å²) in [5.74, 6) is 0.383. The third-order valence-electron chi connectivity index (χ3n) is 5.64. The lowest BCUT2D eigenvalue weighted by Crippen LogP contribution is -2.27. The van der Waals surface area contributed by atoms with Crippen LogP contribution in [0.25, 0.3) is 10.8 Å². The number of anilines is 1. The maximum atomic E-state index is 13.0. The maximum Gasteiger partial charge on any atom is 0.258 e. The predicted octanol–water partition coefficient (Wildman–Crippen LogP) is 4.65. The Morgan fingerprint density at radius 3 is 2.60 bits per heavy atom. The number of aryl methyl sites for hydroxylation is 1. The Labute approximate surface area is 180 Å². The van der Waals surface area contributed by atoms with E-state index >= 15 is 0 Å². The molecule has 2 aromatic carbocycles. The van der Waals surface area contributed by atoms with E-state index in [0.717, 1.165) is 37.0 Å². The molecule has 156 valence electrons. The van der Waals surface area contributed by atoms with Gasteiger partial charge >= 0.3 is 0 Å². The SMILES string of the molecule is O=C(CCc1ccc(Cl)cc1)Nc1cccc2c(=O)n(CC3CCOCC3)ccc12. The second-order valence-corrected chi connectivity index (χ2v) is 8.21. The number of pyridine rings is 1. The van der Waals surface area contributed by atoms with Crippen LogP contribution in [0.4, 0.5) is 5.69 Å². The normalized spacial score (nSPS) is 14.7. The highest BCUT2D eigenvalue weighted by atomic mass is 35.5. The van der Waals surface area contributed by atoms with Crippen LogP contribution in [-0.2, 0) is 22.5 Å². The molecule has 1 aliphatic rings. The Hall–Kier alpha value is -2.63.